The van der Waals surface area contributed by atoms with Crippen molar-refractivity contribution < 1.29 is 19.1 Å². The van der Waals surface area contributed by atoms with Crippen molar-refractivity contribution >= 4 is 17.4 Å². The number of benzene rings is 2. The Morgan fingerprint density at radius 3 is 2.39 bits per heavy atom. The van der Waals surface area contributed by atoms with Gasteiger partial charge in [-0.05, 0) is 31.5 Å². The van der Waals surface area contributed by atoms with Gasteiger partial charge < -0.3 is 14.8 Å². The number of nitrogens with one attached hydrogen (secondary N) is 1. The summed E-state index contributed by atoms with van der Waals surface area (Å²) >= 11 is 0. The van der Waals surface area contributed by atoms with E-state index >= 15 is 0 Å². The molecule has 1 unspecified atom stereocenters. The van der Waals surface area contributed by atoms with E-state index in [0.717, 1.165) is 22.6 Å². The van der Waals surface area contributed by atoms with Crippen LogP contribution in [0.4, 0.5) is 0 Å². The van der Waals surface area contributed by atoms with E-state index < -0.39 is 11.9 Å². The third kappa shape index (κ3) is 2.71. The van der Waals surface area contributed by atoms with Gasteiger partial charge >= 0.3 is 5.97 Å². The minimum atomic E-state index is -0.501. The lowest BCUT2D eigenvalue weighted by atomic mass is 9.80. The second-order valence-corrected chi connectivity index (χ2v) is 6.75. The first-order chi connectivity index (χ1) is 13.6. The third-order valence-electron chi connectivity index (χ3n) is 5.18. The zero-order chi connectivity index (χ0) is 19.8. The molecule has 1 heterocycles. The van der Waals surface area contributed by atoms with E-state index in [9.17, 15) is 9.59 Å². The summed E-state index contributed by atoms with van der Waals surface area (Å²) in [5, 5.41) is 3.27. The minimum Gasteiger partial charge on any atom is -0.494 e. The molecule has 1 atom stereocenters. The van der Waals surface area contributed by atoms with Gasteiger partial charge in [0.2, 0.25) is 0 Å². The van der Waals surface area contributed by atoms with Gasteiger partial charge in [-0.2, -0.15) is 0 Å². The summed E-state index contributed by atoms with van der Waals surface area (Å²) in [5.41, 5.74) is 4.84. The van der Waals surface area contributed by atoms with Crippen molar-refractivity contribution in [2.75, 3.05) is 13.7 Å². The largest absolute Gasteiger partial charge is 0.494 e. The lowest BCUT2D eigenvalue weighted by Gasteiger charge is -2.29. The fourth-order valence-corrected chi connectivity index (χ4v) is 3.97. The summed E-state index contributed by atoms with van der Waals surface area (Å²) in [5.74, 6) is -0.264. The summed E-state index contributed by atoms with van der Waals surface area (Å²) in [4.78, 5) is 25.9. The number of hydrogen-bond acceptors (Lipinski definition) is 5. The third-order valence-corrected chi connectivity index (χ3v) is 5.18. The molecule has 1 N–H and O–H groups in total. The standard InChI is InChI=1S/C23H21NO4/c1-4-28-15-11-9-14(10-12-15)19-18(23(26)27-3)13(2)24-21-16-7-5-6-8-17(16)22(25)20(19)21/h5-12,19,24H,4H2,1-3H3. The smallest absolute Gasteiger partial charge is 0.336 e. The van der Waals surface area contributed by atoms with Crippen molar-refractivity contribution in [2.24, 2.45) is 0 Å². The fourth-order valence-electron chi connectivity index (χ4n) is 3.97. The molecule has 0 bridgehead atoms. The van der Waals surface area contributed by atoms with Gasteiger partial charge in [0.25, 0.3) is 0 Å². The Morgan fingerprint density at radius 2 is 1.75 bits per heavy atom. The zero-order valence-corrected chi connectivity index (χ0v) is 16.0. The number of allylic oxidation sites excluding steroid dienone is 2. The van der Waals surface area contributed by atoms with E-state index in [1.807, 2.05) is 62.4 Å². The topological polar surface area (TPSA) is 64.6 Å². The Kier molecular flexibility index (Phi) is 4.51. The lowest BCUT2D eigenvalue weighted by molar-refractivity contribution is -0.136. The summed E-state index contributed by atoms with van der Waals surface area (Å²) < 4.78 is 10.6. The molecule has 28 heavy (non-hydrogen) atoms. The Bertz CT molecular complexity index is 1030. The molecule has 2 aromatic carbocycles. The van der Waals surface area contributed by atoms with Gasteiger partial charge in [0, 0.05) is 28.3 Å². The number of fused-ring (bicyclic) bond motifs is 2. The second-order valence-electron chi connectivity index (χ2n) is 6.75. The van der Waals surface area contributed by atoms with Crippen molar-refractivity contribution in [2.45, 2.75) is 19.8 Å². The Hall–Kier alpha value is -3.34. The van der Waals surface area contributed by atoms with E-state index in [0.29, 0.717) is 29.0 Å². The molecule has 1 aliphatic carbocycles. The van der Waals surface area contributed by atoms with Gasteiger partial charge in [-0.25, -0.2) is 4.79 Å². The molecule has 0 radical (unpaired) electrons. The van der Waals surface area contributed by atoms with Crippen LogP contribution in [-0.2, 0) is 9.53 Å². The number of methoxy groups -OCH3 is 1. The highest BCUT2D eigenvalue weighted by Gasteiger charge is 2.42. The summed E-state index contributed by atoms with van der Waals surface area (Å²) in [6.45, 7) is 4.33. The number of dihydropyridines is 1. The molecule has 5 nitrogen and oxygen atoms in total. The molecule has 0 fully saturated rings. The van der Waals surface area contributed by atoms with Gasteiger partial charge in [0.1, 0.15) is 5.75 Å². The molecule has 0 spiro atoms. The van der Waals surface area contributed by atoms with Gasteiger partial charge in [-0.1, -0.05) is 36.4 Å². The van der Waals surface area contributed by atoms with Crippen LogP contribution < -0.4 is 10.1 Å². The number of rotatable bonds is 4. The van der Waals surface area contributed by atoms with E-state index in [-0.39, 0.29) is 5.78 Å². The lowest BCUT2D eigenvalue weighted by Crippen LogP contribution is -2.29. The molecule has 4 rings (SSSR count). The quantitative estimate of drug-likeness (QED) is 0.823. The SMILES string of the molecule is CCOc1ccc(C2C(C(=O)OC)=C(C)NC3=C2C(=O)c2ccccc23)cc1. The van der Waals surface area contributed by atoms with Crippen molar-refractivity contribution in [3.63, 3.8) is 0 Å². The van der Waals surface area contributed by atoms with E-state index in [2.05, 4.69) is 5.32 Å². The Balaban J connectivity index is 1.88. The van der Waals surface area contributed by atoms with Crippen LogP contribution in [0.15, 0.2) is 65.4 Å². The number of esters is 1. The molecule has 0 saturated heterocycles. The van der Waals surface area contributed by atoms with E-state index in [4.69, 9.17) is 9.47 Å². The minimum absolute atomic E-state index is 0.0640. The molecule has 2 aliphatic rings. The number of ketones is 1. The Labute approximate surface area is 163 Å². The second kappa shape index (κ2) is 7.00. The number of carbonyl (C=O) groups is 2. The normalized spacial score (nSPS) is 17.8. The first-order valence-corrected chi connectivity index (χ1v) is 9.24. The maximum absolute atomic E-state index is 13.3. The predicted molar refractivity (Wildman–Crippen MR) is 106 cm³/mol. The van der Waals surface area contributed by atoms with Gasteiger partial charge in [0.05, 0.1) is 25.0 Å². The van der Waals surface area contributed by atoms with Gasteiger partial charge in [0.15, 0.2) is 5.78 Å². The van der Waals surface area contributed by atoms with Crippen molar-refractivity contribution in [3.05, 3.63) is 82.1 Å². The number of ether oxygens (including phenoxy) is 2. The monoisotopic (exact) mass is 375 g/mol. The average Bonchev–Trinajstić information content (AvgIpc) is 2.99. The molecule has 0 amide bonds. The van der Waals surface area contributed by atoms with E-state index in [1.54, 1.807) is 0 Å². The highest BCUT2D eigenvalue weighted by Crippen LogP contribution is 2.46. The van der Waals surface area contributed by atoms with Crippen LogP contribution in [0.25, 0.3) is 5.70 Å². The van der Waals surface area contributed by atoms with Crippen LogP contribution in [-0.4, -0.2) is 25.5 Å². The fraction of sp³-hybridized carbons (Fsp3) is 0.217. The highest BCUT2D eigenvalue weighted by molar-refractivity contribution is 6.23. The maximum Gasteiger partial charge on any atom is 0.336 e. The van der Waals surface area contributed by atoms with Crippen LogP contribution in [0.2, 0.25) is 0 Å². The predicted octanol–water partition coefficient (Wildman–Crippen LogP) is 3.83. The molecule has 2 aromatic rings. The number of Topliss-reactive ketones (excluding diaryl/α,β-unsaturated/α-hetero) is 1. The molecule has 0 aromatic heterocycles. The Morgan fingerprint density at radius 1 is 1.07 bits per heavy atom. The van der Waals surface area contributed by atoms with Crippen LogP contribution in [0.3, 0.4) is 0 Å². The highest BCUT2D eigenvalue weighted by atomic mass is 16.5. The first kappa shape index (κ1) is 18.0. The summed E-state index contributed by atoms with van der Waals surface area (Å²) in [6, 6.07) is 15.0. The van der Waals surface area contributed by atoms with Gasteiger partial charge in [-0.15, -0.1) is 0 Å². The number of carbonyl (C=O) groups excluding carboxylic acids is 2. The molecular weight excluding hydrogens is 354 g/mol. The molecule has 5 heteroatoms. The van der Waals surface area contributed by atoms with Crippen LogP contribution in [0.5, 0.6) is 5.75 Å². The first-order valence-electron chi connectivity index (χ1n) is 9.24. The molecule has 0 saturated carbocycles. The molecule has 1 aliphatic heterocycles. The van der Waals surface area contributed by atoms with Crippen molar-refractivity contribution in [1.82, 2.24) is 5.32 Å². The maximum atomic E-state index is 13.3. The molecule has 142 valence electrons. The van der Waals surface area contributed by atoms with Crippen molar-refractivity contribution in [1.29, 1.82) is 0 Å². The molecular formula is C23H21NO4. The zero-order valence-electron chi connectivity index (χ0n) is 16.0. The van der Waals surface area contributed by atoms with Crippen LogP contribution in [0, 0.1) is 0 Å². The average molecular weight is 375 g/mol. The number of hydrogen-bond donors (Lipinski definition) is 1. The van der Waals surface area contributed by atoms with Crippen LogP contribution in [0.1, 0.15) is 41.3 Å². The van der Waals surface area contributed by atoms with Gasteiger partial charge in [-0.3, -0.25) is 4.79 Å². The summed E-state index contributed by atoms with van der Waals surface area (Å²) in [7, 11) is 1.35. The summed E-state index contributed by atoms with van der Waals surface area (Å²) in [6.07, 6.45) is 0. The van der Waals surface area contributed by atoms with Crippen LogP contribution >= 0.6 is 0 Å². The van der Waals surface area contributed by atoms with E-state index in [1.165, 1.54) is 7.11 Å². The van der Waals surface area contributed by atoms with Crippen molar-refractivity contribution in [3.8, 4) is 5.75 Å².